The smallest absolute Gasteiger partial charge is 0.243 e. The maximum Gasteiger partial charge on any atom is 0.243 e. The van der Waals surface area contributed by atoms with Crippen LogP contribution in [0.25, 0.3) is 0 Å². The Balaban J connectivity index is 1.91. The van der Waals surface area contributed by atoms with Gasteiger partial charge in [0.15, 0.2) is 0 Å². The normalized spacial score (nSPS) is 11.8. The fourth-order valence-electron chi connectivity index (χ4n) is 1.23. The number of nitrogens with one attached hydrogen (secondary N) is 2. The van der Waals surface area contributed by atoms with Crippen LogP contribution in [0.2, 0.25) is 0 Å². The molecule has 2 aromatic rings. The SMILES string of the molecule is O=S(=O)(NCCc1cccs1)c1cn[nH]c1. The van der Waals surface area contributed by atoms with E-state index >= 15 is 0 Å². The first-order chi connectivity index (χ1) is 7.68. The molecule has 0 amide bonds. The molecule has 0 spiro atoms. The highest BCUT2D eigenvalue weighted by Crippen LogP contribution is 2.09. The predicted octanol–water partition coefficient (Wildman–Crippen LogP) is 0.992. The van der Waals surface area contributed by atoms with E-state index in [-0.39, 0.29) is 4.90 Å². The van der Waals surface area contributed by atoms with Crippen molar-refractivity contribution in [1.82, 2.24) is 14.9 Å². The van der Waals surface area contributed by atoms with E-state index in [1.165, 1.54) is 12.4 Å². The zero-order valence-corrected chi connectivity index (χ0v) is 10.0. The topological polar surface area (TPSA) is 74.8 Å². The maximum absolute atomic E-state index is 11.7. The number of aromatic nitrogens is 2. The van der Waals surface area contributed by atoms with E-state index in [4.69, 9.17) is 0 Å². The van der Waals surface area contributed by atoms with Gasteiger partial charge >= 0.3 is 0 Å². The highest BCUT2D eigenvalue weighted by molar-refractivity contribution is 7.89. The second kappa shape index (κ2) is 4.77. The van der Waals surface area contributed by atoms with Gasteiger partial charge in [0, 0.05) is 17.6 Å². The van der Waals surface area contributed by atoms with Crippen molar-refractivity contribution < 1.29 is 8.42 Å². The Hall–Kier alpha value is -1.18. The van der Waals surface area contributed by atoms with E-state index in [0.29, 0.717) is 13.0 Å². The Kier molecular flexibility index (Phi) is 3.37. The Morgan fingerprint density at radius 3 is 3.00 bits per heavy atom. The molecule has 5 nitrogen and oxygen atoms in total. The lowest BCUT2D eigenvalue weighted by Gasteiger charge is -2.02. The minimum atomic E-state index is -3.41. The first-order valence-electron chi connectivity index (χ1n) is 4.69. The van der Waals surface area contributed by atoms with Gasteiger partial charge in [-0.05, 0) is 17.9 Å². The van der Waals surface area contributed by atoms with E-state index < -0.39 is 10.0 Å². The summed E-state index contributed by atoms with van der Waals surface area (Å²) >= 11 is 1.62. The molecule has 2 N–H and O–H groups in total. The summed E-state index contributed by atoms with van der Waals surface area (Å²) in [7, 11) is -3.41. The third kappa shape index (κ3) is 2.69. The second-order valence-corrected chi connectivity index (χ2v) is 5.96. The van der Waals surface area contributed by atoms with Crippen molar-refractivity contribution >= 4 is 21.4 Å². The van der Waals surface area contributed by atoms with Crippen molar-refractivity contribution in [2.45, 2.75) is 11.3 Å². The third-order valence-electron chi connectivity index (χ3n) is 2.03. The lowest BCUT2D eigenvalue weighted by atomic mass is 10.3. The Labute approximate surface area is 97.6 Å². The Bertz CT molecular complexity index is 517. The number of sulfonamides is 1. The summed E-state index contributed by atoms with van der Waals surface area (Å²) in [6.45, 7) is 0.397. The Morgan fingerprint density at radius 1 is 1.50 bits per heavy atom. The molecule has 0 aromatic carbocycles. The van der Waals surface area contributed by atoms with Gasteiger partial charge in [0.2, 0.25) is 10.0 Å². The van der Waals surface area contributed by atoms with Crippen molar-refractivity contribution in [3.63, 3.8) is 0 Å². The predicted molar refractivity (Wildman–Crippen MR) is 61.8 cm³/mol. The van der Waals surface area contributed by atoms with Gasteiger partial charge in [-0.2, -0.15) is 5.10 Å². The molecule has 0 aliphatic carbocycles. The van der Waals surface area contributed by atoms with Crippen molar-refractivity contribution in [2.75, 3.05) is 6.54 Å². The maximum atomic E-state index is 11.7. The monoisotopic (exact) mass is 257 g/mol. The van der Waals surface area contributed by atoms with Gasteiger partial charge in [0.25, 0.3) is 0 Å². The molecule has 0 bridgehead atoms. The molecule has 86 valence electrons. The molecule has 0 saturated heterocycles. The first kappa shape index (κ1) is 11.3. The Morgan fingerprint density at radius 2 is 2.38 bits per heavy atom. The third-order valence-corrected chi connectivity index (χ3v) is 4.39. The fraction of sp³-hybridized carbons (Fsp3) is 0.222. The molecule has 16 heavy (non-hydrogen) atoms. The van der Waals surface area contributed by atoms with Crippen molar-refractivity contribution in [2.24, 2.45) is 0 Å². The minimum Gasteiger partial charge on any atom is -0.284 e. The van der Waals surface area contributed by atoms with Gasteiger partial charge in [0.1, 0.15) is 4.90 Å². The number of hydrogen-bond acceptors (Lipinski definition) is 4. The van der Waals surface area contributed by atoms with E-state index in [2.05, 4.69) is 14.9 Å². The standard InChI is InChI=1S/C9H11N3O2S2/c13-16(14,9-6-10-11-7-9)12-4-3-8-2-1-5-15-8/h1-2,5-7,12H,3-4H2,(H,10,11). The van der Waals surface area contributed by atoms with Crippen LogP contribution in [0.3, 0.4) is 0 Å². The number of nitrogens with zero attached hydrogens (tertiary/aromatic N) is 1. The van der Waals surface area contributed by atoms with Gasteiger partial charge in [-0.3, -0.25) is 5.10 Å². The second-order valence-electron chi connectivity index (χ2n) is 3.16. The van der Waals surface area contributed by atoms with Crippen LogP contribution in [-0.4, -0.2) is 25.2 Å². The summed E-state index contributed by atoms with van der Waals surface area (Å²) in [6, 6.07) is 3.93. The van der Waals surface area contributed by atoms with Crippen molar-refractivity contribution in [1.29, 1.82) is 0 Å². The van der Waals surface area contributed by atoms with Gasteiger partial charge in [-0.1, -0.05) is 6.07 Å². The average Bonchev–Trinajstić information content (AvgIpc) is 2.90. The van der Waals surface area contributed by atoms with Crippen LogP contribution in [0.1, 0.15) is 4.88 Å². The summed E-state index contributed by atoms with van der Waals surface area (Å²) < 4.78 is 25.8. The molecule has 2 rings (SSSR count). The summed E-state index contributed by atoms with van der Waals surface area (Å²) in [5.74, 6) is 0. The van der Waals surface area contributed by atoms with Crippen molar-refractivity contribution in [3.05, 3.63) is 34.8 Å². The molecule has 0 fully saturated rings. The summed E-state index contributed by atoms with van der Waals surface area (Å²) in [6.07, 6.45) is 3.34. The molecular weight excluding hydrogens is 246 g/mol. The van der Waals surface area contributed by atoms with E-state index in [1.54, 1.807) is 11.3 Å². The number of aromatic amines is 1. The molecular formula is C9H11N3O2S2. The molecule has 0 saturated carbocycles. The number of thiophene rings is 1. The summed E-state index contributed by atoms with van der Waals surface area (Å²) in [5.41, 5.74) is 0. The molecule has 2 aromatic heterocycles. The van der Waals surface area contributed by atoms with Crippen LogP contribution in [0.15, 0.2) is 34.8 Å². The molecule has 0 aliphatic rings. The van der Waals surface area contributed by atoms with Crippen LogP contribution in [-0.2, 0) is 16.4 Å². The number of rotatable bonds is 5. The molecule has 0 unspecified atom stereocenters. The van der Waals surface area contributed by atoms with E-state index in [0.717, 1.165) is 4.88 Å². The number of H-pyrrole nitrogens is 1. The van der Waals surface area contributed by atoms with Gasteiger partial charge < -0.3 is 0 Å². The highest BCUT2D eigenvalue weighted by atomic mass is 32.2. The zero-order chi connectivity index (χ0) is 11.4. The largest absolute Gasteiger partial charge is 0.284 e. The van der Waals surface area contributed by atoms with Crippen LogP contribution in [0.4, 0.5) is 0 Å². The lowest BCUT2D eigenvalue weighted by molar-refractivity contribution is 0.582. The molecule has 0 atom stereocenters. The number of hydrogen-bond donors (Lipinski definition) is 2. The molecule has 0 radical (unpaired) electrons. The quantitative estimate of drug-likeness (QED) is 0.839. The van der Waals surface area contributed by atoms with Crippen LogP contribution < -0.4 is 4.72 Å². The summed E-state index contributed by atoms with van der Waals surface area (Å²) in [4.78, 5) is 1.33. The molecule has 0 aliphatic heterocycles. The lowest BCUT2D eigenvalue weighted by Crippen LogP contribution is -2.25. The van der Waals surface area contributed by atoms with Crippen LogP contribution >= 0.6 is 11.3 Å². The minimum absolute atomic E-state index is 0.165. The van der Waals surface area contributed by atoms with Crippen LogP contribution in [0, 0.1) is 0 Å². The molecule has 2 heterocycles. The van der Waals surface area contributed by atoms with Gasteiger partial charge in [0.05, 0.1) is 6.20 Å². The van der Waals surface area contributed by atoms with Crippen molar-refractivity contribution in [3.8, 4) is 0 Å². The van der Waals surface area contributed by atoms with Gasteiger partial charge in [-0.15, -0.1) is 11.3 Å². The fourth-order valence-corrected chi connectivity index (χ4v) is 2.88. The van der Waals surface area contributed by atoms with E-state index in [9.17, 15) is 8.42 Å². The first-order valence-corrected chi connectivity index (χ1v) is 7.05. The molecule has 7 heteroatoms. The summed E-state index contributed by atoms with van der Waals surface area (Å²) in [5, 5.41) is 8.05. The van der Waals surface area contributed by atoms with Gasteiger partial charge in [-0.25, -0.2) is 13.1 Å². The van der Waals surface area contributed by atoms with Crippen LogP contribution in [0.5, 0.6) is 0 Å². The average molecular weight is 257 g/mol. The highest BCUT2D eigenvalue weighted by Gasteiger charge is 2.13. The zero-order valence-electron chi connectivity index (χ0n) is 8.38. The van der Waals surface area contributed by atoms with E-state index in [1.807, 2.05) is 17.5 Å².